The third-order valence-electron chi connectivity index (χ3n) is 3.49. The predicted molar refractivity (Wildman–Crippen MR) is 89.9 cm³/mol. The average Bonchev–Trinajstić information content (AvgIpc) is 2.92. The Morgan fingerprint density at radius 2 is 2.18 bits per heavy atom. The number of aromatic amines is 1. The topological polar surface area (TPSA) is 63.6 Å². The number of fused-ring (bicyclic) bond motifs is 1. The van der Waals surface area contributed by atoms with Crippen molar-refractivity contribution in [2.75, 3.05) is 5.75 Å². The number of rotatable bonds is 4. The van der Waals surface area contributed by atoms with Crippen molar-refractivity contribution in [1.29, 1.82) is 0 Å². The molecule has 0 saturated heterocycles. The first-order valence-corrected chi connectivity index (χ1v) is 7.88. The Hall–Kier alpha value is -2.34. The first-order chi connectivity index (χ1) is 10.6. The first-order valence-electron chi connectivity index (χ1n) is 6.89. The van der Waals surface area contributed by atoms with E-state index in [1.165, 1.54) is 22.9 Å². The molecule has 0 unspecified atom stereocenters. The van der Waals surface area contributed by atoms with Crippen molar-refractivity contribution < 1.29 is 0 Å². The predicted octanol–water partition coefficient (Wildman–Crippen LogP) is 3.00. The number of aromatic nitrogens is 4. The first kappa shape index (κ1) is 14.6. The third kappa shape index (κ3) is 2.57. The lowest BCUT2D eigenvalue weighted by Gasteiger charge is -2.06. The van der Waals surface area contributed by atoms with Crippen LogP contribution in [0.25, 0.3) is 16.7 Å². The van der Waals surface area contributed by atoms with Crippen LogP contribution in [0.2, 0.25) is 0 Å². The lowest BCUT2D eigenvalue weighted by molar-refractivity contribution is 0.871. The van der Waals surface area contributed by atoms with Crippen molar-refractivity contribution in [3.05, 3.63) is 58.5 Å². The monoisotopic (exact) mass is 312 g/mol. The Bertz CT molecular complexity index is 910. The summed E-state index contributed by atoms with van der Waals surface area (Å²) in [6.45, 7) is 7.79. The van der Waals surface area contributed by atoms with E-state index in [4.69, 9.17) is 0 Å². The molecule has 0 saturated carbocycles. The molecule has 3 aromatic rings. The van der Waals surface area contributed by atoms with E-state index in [2.05, 4.69) is 35.5 Å². The zero-order valence-corrected chi connectivity index (χ0v) is 13.3. The molecule has 0 atom stereocenters. The maximum Gasteiger partial charge on any atom is 0.262 e. The van der Waals surface area contributed by atoms with E-state index in [9.17, 15) is 4.79 Å². The van der Waals surface area contributed by atoms with Gasteiger partial charge >= 0.3 is 0 Å². The molecule has 0 spiro atoms. The summed E-state index contributed by atoms with van der Waals surface area (Å²) in [6.07, 6.45) is 3.33. The summed E-state index contributed by atoms with van der Waals surface area (Å²) >= 11 is 1.44. The molecule has 0 aliphatic rings. The maximum atomic E-state index is 12.1. The normalized spacial score (nSPS) is 11.0. The van der Waals surface area contributed by atoms with E-state index < -0.39 is 0 Å². The molecule has 6 heteroatoms. The van der Waals surface area contributed by atoms with E-state index in [-0.39, 0.29) is 5.56 Å². The van der Waals surface area contributed by atoms with Crippen molar-refractivity contribution >= 4 is 22.8 Å². The standard InChI is InChI=1S/C16H16N4OS/c1-4-7-22-16-18-14-13(15(21)19-16)9-17-20(14)12-6-5-10(2)11(3)8-12/h4-6,8-9H,1,7H2,2-3H3,(H,18,19,21). The van der Waals surface area contributed by atoms with Gasteiger partial charge in [-0.1, -0.05) is 23.9 Å². The summed E-state index contributed by atoms with van der Waals surface area (Å²) in [5, 5.41) is 5.38. The van der Waals surface area contributed by atoms with Crippen molar-refractivity contribution in [2.24, 2.45) is 0 Å². The lowest BCUT2D eigenvalue weighted by atomic mass is 10.1. The SMILES string of the molecule is C=CCSc1nc2c(cnn2-c2ccc(C)c(C)c2)c(=O)[nH]1. The van der Waals surface area contributed by atoms with Gasteiger partial charge in [-0.25, -0.2) is 9.67 Å². The second-order valence-corrected chi connectivity index (χ2v) is 6.04. The highest BCUT2D eigenvalue weighted by molar-refractivity contribution is 7.99. The summed E-state index contributed by atoms with van der Waals surface area (Å²) in [7, 11) is 0. The van der Waals surface area contributed by atoms with Crippen LogP contribution in [-0.4, -0.2) is 25.5 Å². The van der Waals surface area contributed by atoms with Gasteiger partial charge in [0, 0.05) is 5.75 Å². The Balaban J connectivity index is 2.17. The summed E-state index contributed by atoms with van der Waals surface area (Å²) in [6, 6.07) is 6.06. The number of nitrogens with zero attached hydrogens (tertiary/aromatic N) is 3. The Labute approximate surface area is 132 Å². The molecule has 0 fully saturated rings. The van der Waals surface area contributed by atoms with Crippen LogP contribution in [0.15, 0.2) is 47.0 Å². The molecule has 0 radical (unpaired) electrons. The van der Waals surface area contributed by atoms with Crippen LogP contribution in [0.1, 0.15) is 11.1 Å². The Morgan fingerprint density at radius 3 is 2.91 bits per heavy atom. The molecule has 2 heterocycles. The van der Waals surface area contributed by atoms with Gasteiger partial charge in [0.1, 0.15) is 5.39 Å². The summed E-state index contributed by atoms with van der Waals surface area (Å²) in [4.78, 5) is 19.4. The number of thioether (sulfide) groups is 1. The van der Waals surface area contributed by atoms with Crippen molar-refractivity contribution in [1.82, 2.24) is 19.7 Å². The molecule has 5 nitrogen and oxygen atoms in total. The lowest BCUT2D eigenvalue weighted by Crippen LogP contribution is -2.09. The van der Waals surface area contributed by atoms with E-state index in [1.807, 2.05) is 18.2 Å². The highest BCUT2D eigenvalue weighted by atomic mass is 32.2. The molecule has 0 amide bonds. The quantitative estimate of drug-likeness (QED) is 0.457. The van der Waals surface area contributed by atoms with E-state index in [1.54, 1.807) is 17.0 Å². The molecule has 0 aliphatic carbocycles. The highest BCUT2D eigenvalue weighted by Crippen LogP contribution is 2.19. The van der Waals surface area contributed by atoms with Gasteiger partial charge in [-0.3, -0.25) is 4.79 Å². The number of aryl methyl sites for hydroxylation is 2. The highest BCUT2D eigenvalue weighted by Gasteiger charge is 2.12. The van der Waals surface area contributed by atoms with E-state index in [0.717, 1.165) is 5.69 Å². The fourth-order valence-electron chi connectivity index (χ4n) is 2.15. The van der Waals surface area contributed by atoms with Gasteiger partial charge < -0.3 is 4.98 Å². The van der Waals surface area contributed by atoms with Gasteiger partial charge in [-0.15, -0.1) is 6.58 Å². The minimum absolute atomic E-state index is 0.174. The van der Waals surface area contributed by atoms with Crippen LogP contribution in [0, 0.1) is 13.8 Å². The molecular formula is C16H16N4OS. The summed E-state index contributed by atoms with van der Waals surface area (Å²) in [5.74, 6) is 0.687. The van der Waals surface area contributed by atoms with Crippen LogP contribution in [-0.2, 0) is 0 Å². The van der Waals surface area contributed by atoms with Gasteiger partial charge in [-0.05, 0) is 37.1 Å². The Kier molecular flexibility index (Phi) is 3.85. The molecular weight excluding hydrogens is 296 g/mol. The summed E-state index contributed by atoms with van der Waals surface area (Å²) in [5.41, 5.74) is 3.68. The second kappa shape index (κ2) is 5.81. The van der Waals surface area contributed by atoms with Crippen LogP contribution < -0.4 is 5.56 Å². The van der Waals surface area contributed by atoms with E-state index in [0.29, 0.717) is 21.9 Å². The molecule has 0 bridgehead atoms. The molecule has 0 aliphatic heterocycles. The average molecular weight is 312 g/mol. The zero-order valence-electron chi connectivity index (χ0n) is 12.5. The molecule has 22 heavy (non-hydrogen) atoms. The van der Waals surface area contributed by atoms with Gasteiger partial charge in [0.05, 0.1) is 11.9 Å². The Morgan fingerprint density at radius 1 is 1.36 bits per heavy atom. The van der Waals surface area contributed by atoms with Crippen LogP contribution >= 0.6 is 11.8 Å². The third-order valence-corrected chi connectivity index (χ3v) is 4.36. The second-order valence-electron chi connectivity index (χ2n) is 5.03. The van der Waals surface area contributed by atoms with Crippen LogP contribution in [0.3, 0.4) is 0 Å². The molecule has 2 aromatic heterocycles. The molecule has 112 valence electrons. The largest absolute Gasteiger partial charge is 0.301 e. The minimum atomic E-state index is -0.174. The van der Waals surface area contributed by atoms with Crippen LogP contribution in [0.4, 0.5) is 0 Å². The van der Waals surface area contributed by atoms with Gasteiger partial charge in [0.25, 0.3) is 5.56 Å². The number of hydrogen-bond donors (Lipinski definition) is 1. The van der Waals surface area contributed by atoms with Gasteiger partial charge in [0.2, 0.25) is 0 Å². The number of nitrogens with one attached hydrogen (secondary N) is 1. The zero-order chi connectivity index (χ0) is 15.7. The van der Waals surface area contributed by atoms with Crippen molar-refractivity contribution in [3.63, 3.8) is 0 Å². The minimum Gasteiger partial charge on any atom is -0.301 e. The molecule has 1 N–H and O–H groups in total. The van der Waals surface area contributed by atoms with Crippen LogP contribution in [0.5, 0.6) is 0 Å². The molecule has 3 rings (SSSR count). The number of hydrogen-bond acceptors (Lipinski definition) is 4. The van der Waals surface area contributed by atoms with Gasteiger partial charge in [0.15, 0.2) is 10.8 Å². The number of H-pyrrole nitrogens is 1. The molecule has 1 aromatic carbocycles. The van der Waals surface area contributed by atoms with Crippen molar-refractivity contribution in [3.8, 4) is 5.69 Å². The smallest absolute Gasteiger partial charge is 0.262 e. The fourth-order valence-corrected chi connectivity index (χ4v) is 2.74. The van der Waals surface area contributed by atoms with Gasteiger partial charge in [-0.2, -0.15) is 5.10 Å². The summed E-state index contributed by atoms with van der Waals surface area (Å²) < 4.78 is 1.70. The van der Waals surface area contributed by atoms with Crippen molar-refractivity contribution in [2.45, 2.75) is 19.0 Å². The fraction of sp³-hybridized carbons (Fsp3) is 0.188. The maximum absolute atomic E-state index is 12.1. The number of benzene rings is 1. The van der Waals surface area contributed by atoms with E-state index >= 15 is 0 Å².